The number of carboxylic acid groups (broad SMARTS) is 1. The Labute approximate surface area is 140 Å². The van der Waals surface area contributed by atoms with Crippen molar-refractivity contribution in [3.63, 3.8) is 0 Å². The van der Waals surface area contributed by atoms with E-state index in [1.807, 2.05) is 6.07 Å². The topological polar surface area (TPSA) is 80.4 Å². The number of rotatable bonds is 6. The molecule has 0 aliphatic rings. The van der Waals surface area contributed by atoms with Gasteiger partial charge in [-0.3, -0.25) is 9.59 Å². The van der Waals surface area contributed by atoms with E-state index in [1.54, 1.807) is 45.9 Å². The van der Waals surface area contributed by atoms with E-state index in [2.05, 4.69) is 17.6 Å². The Morgan fingerprint density at radius 3 is 2.17 bits per heavy atom. The van der Waals surface area contributed by atoms with Crippen LogP contribution in [0.2, 0.25) is 0 Å². The van der Waals surface area contributed by atoms with E-state index in [4.69, 9.17) is 4.42 Å². The van der Waals surface area contributed by atoms with Crippen molar-refractivity contribution in [1.82, 2.24) is 4.98 Å². The third kappa shape index (κ3) is 2.76. The SMILES string of the molecule is CC(C)C(C(=O)O)(C(C)C)C(C(=O)S)c1nc2ccccc2o1. The normalized spacial score (nSPS) is 13.7. The van der Waals surface area contributed by atoms with Crippen LogP contribution in [-0.4, -0.2) is 21.2 Å². The van der Waals surface area contributed by atoms with E-state index < -0.39 is 22.4 Å². The molecule has 2 aromatic rings. The van der Waals surface area contributed by atoms with Crippen molar-refractivity contribution in [2.24, 2.45) is 17.3 Å². The van der Waals surface area contributed by atoms with Gasteiger partial charge in [0, 0.05) is 0 Å². The number of para-hydroxylation sites is 2. The Balaban J connectivity index is 2.72. The number of nitrogens with zero attached hydrogens (tertiary/aromatic N) is 1. The van der Waals surface area contributed by atoms with Gasteiger partial charge in [-0.2, -0.15) is 0 Å². The quantitative estimate of drug-likeness (QED) is 0.786. The minimum atomic E-state index is -1.35. The number of oxazole rings is 1. The number of carbonyl (C=O) groups is 2. The summed E-state index contributed by atoms with van der Waals surface area (Å²) in [5, 5.41) is 9.41. The summed E-state index contributed by atoms with van der Waals surface area (Å²) in [4.78, 5) is 28.8. The van der Waals surface area contributed by atoms with Crippen molar-refractivity contribution >= 4 is 34.8 Å². The molecule has 0 saturated carbocycles. The number of aromatic nitrogens is 1. The predicted octanol–water partition coefficient (Wildman–Crippen LogP) is 3.75. The minimum absolute atomic E-state index is 0.107. The summed E-state index contributed by atoms with van der Waals surface area (Å²) >= 11 is 3.96. The van der Waals surface area contributed by atoms with Crippen LogP contribution in [0.3, 0.4) is 0 Å². The lowest BCUT2D eigenvalue weighted by atomic mass is 9.61. The molecule has 6 heteroatoms. The number of hydrogen-bond donors (Lipinski definition) is 2. The van der Waals surface area contributed by atoms with Gasteiger partial charge in [0.05, 0.1) is 5.41 Å². The lowest BCUT2D eigenvalue weighted by Gasteiger charge is -2.40. The van der Waals surface area contributed by atoms with Gasteiger partial charge in [-0.05, 0) is 24.0 Å². The molecule has 0 radical (unpaired) electrons. The van der Waals surface area contributed by atoms with Gasteiger partial charge < -0.3 is 9.52 Å². The summed E-state index contributed by atoms with van der Waals surface area (Å²) < 4.78 is 5.70. The lowest BCUT2D eigenvalue weighted by Crippen LogP contribution is -2.48. The molecule has 0 amide bonds. The maximum atomic E-state index is 12.3. The van der Waals surface area contributed by atoms with Crippen molar-refractivity contribution in [2.45, 2.75) is 33.6 Å². The van der Waals surface area contributed by atoms with E-state index >= 15 is 0 Å². The number of benzene rings is 1. The molecule has 2 rings (SSSR count). The summed E-state index contributed by atoms with van der Waals surface area (Å²) in [6, 6.07) is 7.10. The molecule has 0 aliphatic heterocycles. The molecular formula is C17H21NO4S. The van der Waals surface area contributed by atoms with Gasteiger partial charge in [0.25, 0.3) is 0 Å². The third-order valence-electron chi connectivity index (χ3n) is 4.56. The molecular weight excluding hydrogens is 314 g/mol. The van der Waals surface area contributed by atoms with Gasteiger partial charge in [-0.1, -0.05) is 39.8 Å². The van der Waals surface area contributed by atoms with E-state index in [0.717, 1.165) is 0 Å². The van der Waals surface area contributed by atoms with E-state index in [0.29, 0.717) is 11.1 Å². The molecule has 1 heterocycles. The molecule has 0 fully saturated rings. The maximum Gasteiger partial charge on any atom is 0.311 e. The number of carbonyl (C=O) groups excluding carboxylic acids is 1. The van der Waals surface area contributed by atoms with E-state index in [-0.39, 0.29) is 17.7 Å². The summed E-state index contributed by atoms with van der Waals surface area (Å²) in [6.07, 6.45) is 0. The van der Waals surface area contributed by atoms with Crippen LogP contribution in [0.1, 0.15) is 39.5 Å². The zero-order chi connectivity index (χ0) is 17.4. The van der Waals surface area contributed by atoms with Crippen LogP contribution in [0.5, 0.6) is 0 Å². The maximum absolute atomic E-state index is 12.3. The molecule has 0 aliphatic carbocycles. The monoisotopic (exact) mass is 335 g/mol. The minimum Gasteiger partial charge on any atom is -0.481 e. The first kappa shape index (κ1) is 17.5. The summed E-state index contributed by atoms with van der Waals surface area (Å²) in [6.45, 7) is 7.17. The molecule has 124 valence electrons. The molecule has 1 aromatic carbocycles. The molecule has 23 heavy (non-hydrogen) atoms. The second-order valence-electron chi connectivity index (χ2n) is 6.34. The first-order valence-corrected chi connectivity index (χ1v) is 7.99. The van der Waals surface area contributed by atoms with Crippen molar-refractivity contribution in [1.29, 1.82) is 0 Å². The van der Waals surface area contributed by atoms with Crippen LogP contribution in [0.15, 0.2) is 28.7 Å². The fourth-order valence-electron chi connectivity index (χ4n) is 3.48. The van der Waals surface area contributed by atoms with E-state index in [9.17, 15) is 14.7 Å². The van der Waals surface area contributed by atoms with Crippen LogP contribution in [0, 0.1) is 17.3 Å². The highest BCUT2D eigenvalue weighted by atomic mass is 32.1. The molecule has 0 spiro atoms. The molecule has 1 unspecified atom stereocenters. The summed E-state index contributed by atoms with van der Waals surface area (Å²) in [5.41, 5.74) is -0.234. The highest BCUT2D eigenvalue weighted by molar-refractivity contribution is 7.96. The number of fused-ring (bicyclic) bond motifs is 1. The molecule has 1 aromatic heterocycles. The lowest BCUT2D eigenvalue weighted by molar-refractivity contribution is -0.160. The Morgan fingerprint density at radius 2 is 1.74 bits per heavy atom. The largest absolute Gasteiger partial charge is 0.481 e. The van der Waals surface area contributed by atoms with Crippen LogP contribution < -0.4 is 0 Å². The highest BCUT2D eigenvalue weighted by Gasteiger charge is 2.55. The second kappa shape index (κ2) is 6.35. The van der Waals surface area contributed by atoms with Gasteiger partial charge in [-0.25, -0.2) is 4.98 Å². The summed E-state index contributed by atoms with van der Waals surface area (Å²) in [7, 11) is 0. The van der Waals surface area contributed by atoms with Gasteiger partial charge in [0.2, 0.25) is 5.89 Å². The average Bonchev–Trinajstić information content (AvgIpc) is 2.85. The average molecular weight is 335 g/mol. The zero-order valence-corrected chi connectivity index (χ0v) is 14.5. The molecule has 0 saturated heterocycles. The predicted molar refractivity (Wildman–Crippen MR) is 90.5 cm³/mol. The van der Waals surface area contributed by atoms with Crippen LogP contribution in [-0.2, 0) is 9.59 Å². The fourth-order valence-corrected chi connectivity index (χ4v) is 3.80. The number of carboxylic acids is 1. The van der Waals surface area contributed by atoms with Crippen LogP contribution >= 0.6 is 12.6 Å². The van der Waals surface area contributed by atoms with Gasteiger partial charge in [0.15, 0.2) is 10.7 Å². The van der Waals surface area contributed by atoms with Crippen molar-refractivity contribution in [3.05, 3.63) is 30.2 Å². The van der Waals surface area contributed by atoms with Gasteiger partial charge in [-0.15, -0.1) is 12.6 Å². The Kier molecular flexibility index (Phi) is 4.84. The van der Waals surface area contributed by atoms with Gasteiger partial charge in [0.1, 0.15) is 11.4 Å². The van der Waals surface area contributed by atoms with Crippen molar-refractivity contribution in [3.8, 4) is 0 Å². The standard InChI is InChI=1S/C17H21NO4S/c1-9(2)17(10(3)4,16(20)21)13(15(19)23)14-18-11-7-5-6-8-12(11)22-14/h5-10,13H,1-4H3,(H,19,23)(H,20,21). The third-order valence-corrected chi connectivity index (χ3v) is 4.82. The smallest absolute Gasteiger partial charge is 0.311 e. The Hall–Kier alpha value is -1.82. The van der Waals surface area contributed by atoms with E-state index in [1.165, 1.54) is 0 Å². The zero-order valence-electron chi connectivity index (χ0n) is 13.6. The van der Waals surface area contributed by atoms with Crippen LogP contribution in [0.25, 0.3) is 11.1 Å². The first-order valence-electron chi connectivity index (χ1n) is 7.54. The molecule has 5 nitrogen and oxygen atoms in total. The van der Waals surface area contributed by atoms with Crippen molar-refractivity contribution < 1.29 is 19.1 Å². The van der Waals surface area contributed by atoms with Crippen LogP contribution in [0.4, 0.5) is 0 Å². The molecule has 1 atom stereocenters. The second-order valence-corrected chi connectivity index (χ2v) is 6.78. The number of thiol groups is 1. The number of aliphatic carboxylic acids is 1. The highest BCUT2D eigenvalue weighted by Crippen LogP contribution is 2.49. The Bertz CT molecular complexity index is 694. The fraction of sp³-hybridized carbons (Fsp3) is 0.471. The van der Waals surface area contributed by atoms with Gasteiger partial charge >= 0.3 is 5.97 Å². The Morgan fingerprint density at radius 1 is 1.17 bits per heavy atom. The summed E-state index contributed by atoms with van der Waals surface area (Å²) in [5.74, 6) is -2.61. The van der Waals surface area contributed by atoms with Crippen molar-refractivity contribution in [2.75, 3.05) is 0 Å². The number of hydrogen-bond acceptors (Lipinski definition) is 4. The molecule has 0 bridgehead atoms. The molecule has 1 N–H and O–H groups in total. The first-order chi connectivity index (χ1) is 10.7.